The Morgan fingerprint density at radius 2 is 2.33 bits per heavy atom. The first-order chi connectivity index (χ1) is 7.22. The number of hydrogen-bond donors (Lipinski definition) is 2. The van der Waals surface area contributed by atoms with Gasteiger partial charge in [0.1, 0.15) is 5.82 Å². The number of pyridine rings is 1. The fourth-order valence-corrected chi connectivity index (χ4v) is 1.74. The highest BCUT2D eigenvalue weighted by molar-refractivity contribution is 7.84. The van der Waals surface area contributed by atoms with Gasteiger partial charge in [0.05, 0.1) is 0 Å². The molecule has 0 amide bonds. The molecule has 1 rings (SSSR count). The van der Waals surface area contributed by atoms with E-state index < -0.39 is 10.8 Å². The summed E-state index contributed by atoms with van der Waals surface area (Å²) in [5, 5.41) is 6.24. The van der Waals surface area contributed by atoms with Gasteiger partial charge in [-0.25, -0.2) is 4.98 Å². The molecule has 0 bridgehead atoms. The van der Waals surface area contributed by atoms with Crippen molar-refractivity contribution in [3.05, 3.63) is 18.3 Å². The van der Waals surface area contributed by atoms with E-state index in [4.69, 9.17) is 0 Å². The van der Waals surface area contributed by atoms with Crippen LogP contribution in [0.3, 0.4) is 0 Å². The van der Waals surface area contributed by atoms with Gasteiger partial charge in [-0.2, -0.15) is 0 Å². The van der Waals surface area contributed by atoms with Gasteiger partial charge in [0.2, 0.25) is 0 Å². The van der Waals surface area contributed by atoms with Gasteiger partial charge < -0.3 is 10.6 Å². The number of aromatic nitrogens is 1. The third-order valence-electron chi connectivity index (χ3n) is 1.95. The van der Waals surface area contributed by atoms with Gasteiger partial charge in [-0.1, -0.05) is 0 Å². The highest BCUT2D eigenvalue weighted by Crippen LogP contribution is 2.10. The maximum Gasteiger partial charge on any atom is 0.127 e. The zero-order valence-electron chi connectivity index (χ0n) is 9.12. The lowest BCUT2D eigenvalue weighted by Gasteiger charge is -2.06. The predicted octanol–water partition coefficient (Wildman–Crippen LogP) is 1.30. The van der Waals surface area contributed by atoms with Crippen LogP contribution in [0, 0.1) is 0 Å². The molecule has 0 aliphatic rings. The third kappa shape index (κ3) is 4.78. The van der Waals surface area contributed by atoms with Crippen LogP contribution in [-0.2, 0) is 10.8 Å². The minimum atomic E-state index is -0.694. The van der Waals surface area contributed by atoms with E-state index in [0.717, 1.165) is 30.2 Å². The standard InChI is InChI=1S/C10H17N3OS/c1-11-10-8-9(4-6-13-10)12-5-3-7-15(2)14/h4,6,8H,3,5,7H2,1-2H3,(H2,11,12,13). The Hall–Kier alpha value is -1.10. The highest BCUT2D eigenvalue weighted by Gasteiger charge is 1.95. The van der Waals surface area contributed by atoms with Crippen molar-refractivity contribution >= 4 is 22.3 Å². The monoisotopic (exact) mass is 227 g/mol. The van der Waals surface area contributed by atoms with E-state index in [1.54, 1.807) is 12.5 Å². The average molecular weight is 227 g/mol. The molecular formula is C10H17N3OS. The summed E-state index contributed by atoms with van der Waals surface area (Å²) in [7, 11) is 1.15. The third-order valence-corrected chi connectivity index (χ3v) is 2.82. The fourth-order valence-electron chi connectivity index (χ4n) is 1.19. The van der Waals surface area contributed by atoms with E-state index in [1.807, 2.05) is 19.2 Å². The smallest absolute Gasteiger partial charge is 0.127 e. The van der Waals surface area contributed by atoms with Gasteiger partial charge in [0, 0.05) is 54.4 Å². The summed E-state index contributed by atoms with van der Waals surface area (Å²) in [6, 6.07) is 3.87. The molecule has 0 saturated carbocycles. The van der Waals surface area contributed by atoms with Crippen LogP contribution in [0.4, 0.5) is 11.5 Å². The molecule has 0 aromatic carbocycles. The van der Waals surface area contributed by atoms with E-state index in [1.165, 1.54) is 0 Å². The lowest BCUT2D eigenvalue weighted by molar-refractivity contribution is 0.685. The Labute approximate surface area is 92.9 Å². The molecule has 1 atom stereocenters. The largest absolute Gasteiger partial charge is 0.385 e. The molecule has 5 heteroatoms. The van der Waals surface area contributed by atoms with E-state index in [9.17, 15) is 4.21 Å². The van der Waals surface area contributed by atoms with Crippen LogP contribution in [0.15, 0.2) is 18.3 Å². The van der Waals surface area contributed by atoms with Crippen molar-refractivity contribution in [2.75, 3.05) is 36.2 Å². The molecule has 0 aliphatic carbocycles. The molecule has 1 heterocycles. The van der Waals surface area contributed by atoms with Gasteiger partial charge in [-0.05, 0) is 12.5 Å². The van der Waals surface area contributed by atoms with Crippen molar-refractivity contribution in [2.45, 2.75) is 6.42 Å². The van der Waals surface area contributed by atoms with E-state index in [-0.39, 0.29) is 0 Å². The Balaban J connectivity index is 2.33. The van der Waals surface area contributed by atoms with Crippen molar-refractivity contribution in [1.82, 2.24) is 4.98 Å². The van der Waals surface area contributed by atoms with Crippen molar-refractivity contribution in [1.29, 1.82) is 0 Å². The predicted molar refractivity (Wildman–Crippen MR) is 65.8 cm³/mol. The molecule has 4 nitrogen and oxygen atoms in total. The number of nitrogens with one attached hydrogen (secondary N) is 2. The zero-order chi connectivity index (χ0) is 11.1. The molecule has 1 aromatic heterocycles. The van der Waals surface area contributed by atoms with E-state index >= 15 is 0 Å². The molecule has 2 N–H and O–H groups in total. The van der Waals surface area contributed by atoms with Crippen LogP contribution in [0.1, 0.15) is 6.42 Å². The summed E-state index contributed by atoms with van der Waals surface area (Å²) in [6.45, 7) is 0.840. The average Bonchev–Trinajstić information content (AvgIpc) is 2.24. The Morgan fingerprint density at radius 1 is 1.53 bits per heavy atom. The summed E-state index contributed by atoms with van der Waals surface area (Å²) in [5.41, 5.74) is 1.04. The molecule has 0 radical (unpaired) electrons. The summed E-state index contributed by atoms with van der Waals surface area (Å²) in [5.74, 6) is 1.59. The minimum absolute atomic E-state index is 0.694. The first kappa shape index (κ1) is 12.0. The van der Waals surface area contributed by atoms with E-state index in [2.05, 4.69) is 15.6 Å². The van der Waals surface area contributed by atoms with Gasteiger partial charge in [0.25, 0.3) is 0 Å². The van der Waals surface area contributed by atoms with Crippen molar-refractivity contribution < 1.29 is 4.21 Å². The van der Waals surface area contributed by atoms with Crippen LogP contribution in [0.2, 0.25) is 0 Å². The topological polar surface area (TPSA) is 54.0 Å². The maximum atomic E-state index is 10.8. The van der Waals surface area contributed by atoms with Gasteiger partial charge in [0.15, 0.2) is 0 Å². The zero-order valence-corrected chi connectivity index (χ0v) is 9.93. The minimum Gasteiger partial charge on any atom is -0.385 e. The second-order valence-corrected chi connectivity index (χ2v) is 4.79. The SMILES string of the molecule is CNc1cc(NCCCS(C)=O)ccn1. The van der Waals surface area contributed by atoms with Crippen molar-refractivity contribution in [3.63, 3.8) is 0 Å². The maximum absolute atomic E-state index is 10.8. The van der Waals surface area contributed by atoms with Crippen LogP contribution in [0.25, 0.3) is 0 Å². The number of nitrogens with zero attached hydrogens (tertiary/aromatic N) is 1. The normalized spacial score (nSPS) is 12.1. The fraction of sp³-hybridized carbons (Fsp3) is 0.500. The molecule has 0 saturated heterocycles. The molecule has 15 heavy (non-hydrogen) atoms. The van der Waals surface area contributed by atoms with Crippen molar-refractivity contribution in [3.8, 4) is 0 Å². The Bertz CT molecular complexity index is 330. The van der Waals surface area contributed by atoms with Crippen LogP contribution >= 0.6 is 0 Å². The molecule has 0 spiro atoms. The summed E-state index contributed by atoms with van der Waals surface area (Å²) >= 11 is 0. The summed E-state index contributed by atoms with van der Waals surface area (Å²) in [6.07, 6.45) is 4.40. The lowest BCUT2D eigenvalue weighted by Crippen LogP contribution is -2.06. The molecule has 84 valence electrons. The Morgan fingerprint density at radius 3 is 3.00 bits per heavy atom. The summed E-state index contributed by atoms with van der Waals surface area (Å²) in [4.78, 5) is 4.11. The molecule has 0 fully saturated rings. The van der Waals surface area contributed by atoms with Gasteiger partial charge >= 0.3 is 0 Å². The number of hydrogen-bond acceptors (Lipinski definition) is 4. The van der Waals surface area contributed by atoms with Gasteiger partial charge in [-0.3, -0.25) is 4.21 Å². The van der Waals surface area contributed by atoms with Crippen LogP contribution in [-0.4, -0.2) is 34.8 Å². The second kappa shape index (κ2) is 6.40. The Kier molecular flexibility index (Phi) is 5.10. The molecular weight excluding hydrogens is 210 g/mol. The van der Waals surface area contributed by atoms with Crippen LogP contribution in [0.5, 0.6) is 0 Å². The molecule has 1 aromatic rings. The van der Waals surface area contributed by atoms with Gasteiger partial charge in [-0.15, -0.1) is 0 Å². The second-order valence-electron chi connectivity index (χ2n) is 3.24. The first-order valence-corrected chi connectivity index (χ1v) is 6.63. The highest BCUT2D eigenvalue weighted by atomic mass is 32.2. The lowest BCUT2D eigenvalue weighted by atomic mass is 10.3. The summed E-state index contributed by atoms with van der Waals surface area (Å²) < 4.78 is 10.8. The molecule has 0 aliphatic heterocycles. The van der Waals surface area contributed by atoms with Crippen molar-refractivity contribution in [2.24, 2.45) is 0 Å². The first-order valence-electron chi connectivity index (χ1n) is 4.90. The number of rotatable bonds is 6. The van der Waals surface area contributed by atoms with Crippen LogP contribution < -0.4 is 10.6 Å². The quantitative estimate of drug-likeness (QED) is 0.719. The molecule has 1 unspecified atom stereocenters. The number of anilines is 2. The van der Waals surface area contributed by atoms with E-state index in [0.29, 0.717) is 0 Å².